The van der Waals surface area contributed by atoms with E-state index < -0.39 is 21.1 Å². The molecule has 0 bridgehead atoms. The second-order valence-corrected chi connectivity index (χ2v) is 11.1. The van der Waals surface area contributed by atoms with Crippen LogP contribution in [0.2, 0.25) is 0 Å². The molecule has 1 aromatic carbocycles. The van der Waals surface area contributed by atoms with Gasteiger partial charge in [0.05, 0.1) is 25.2 Å². The highest BCUT2D eigenvalue weighted by molar-refractivity contribution is 7.91. The van der Waals surface area contributed by atoms with Crippen molar-refractivity contribution < 1.29 is 13.2 Å². The third-order valence-corrected chi connectivity index (χ3v) is 8.21. The predicted molar refractivity (Wildman–Crippen MR) is 130 cm³/mol. The van der Waals surface area contributed by atoms with Gasteiger partial charge in [0, 0.05) is 26.2 Å². The summed E-state index contributed by atoms with van der Waals surface area (Å²) in [4.78, 5) is 34.2. The van der Waals surface area contributed by atoms with Crippen molar-refractivity contribution in [2.45, 2.75) is 51.9 Å². The molecule has 1 atom stereocenters. The first-order valence-corrected chi connectivity index (χ1v) is 13.3. The average molecular weight is 490 g/mol. The van der Waals surface area contributed by atoms with Crippen LogP contribution in [-0.4, -0.2) is 57.1 Å². The van der Waals surface area contributed by atoms with Crippen molar-refractivity contribution in [3.63, 3.8) is 0 Å². The number of aryl methyl sites for hydroxylation is 2. The molecule has 184 valence electrons. The Bertz CT molecular complexity index is 1390. The van der Waals surface area contributed by atoms with E-state index in [-0.39, 0.29) is 17.5 Å². The molecule has 1 aliphatic heterocycles. The van der Waals surface area contributed by atoms with E-state index in [1.807, 2.05) is 31.2 Å². The van der Waals surface area contributed by atoms with E-state index in [2.05, 4.69) is 9.88 Å². The summed E-state index contributed by atoms with van der Waals surface area (Å²) in [6, 6.07) is 7.50. The standard InChI is InChI=1S/C23H31N5O5S/c1-4-5-11-28-21-20(22(29)25-23(28)30)26(2)19(24-21)14-27(17-10-12-34(31,32)15-17)13-16-6-8-18(33-3)9-7-16/h6-9,17H,4-5,10-15H2,1-3H3,(H,25,29,30)/t17-/m1/s1. The summed E-state index contributed by atoms with van der Waals surface area (Å²) in [6.07, 6.45) is 2.24. The molecule has 1 N–H and O–H groups in total. The van der Waals surface area contributed by atoms with Gasteiger partial charge in [-0.3, -0.25) is 19.2 Å². The van der Waals surface area contributed by atoms with E-state index in [4.69, 9.17) is 9.72 Å². The number of hydrogen-bond acceptors (Lipinski definition) is 7. The highest BCUT2D eigenvalue weighted by Gasteiger charge is 2.33. The number of nitrogens with zero attached hydrogens (tertiary/aromatic N) is 4. The molecule has 10 nitrogen and oxygen atoms in total. The first kappa shape index (κ1) is 24.2. The first-order chi connectivity index (χ1) is 16.2. The minimum atomic E-state index is -3.09. The molecule has 0 unspecified atom stereocenters. The zero-order valence-electron chi connectivity index (χ0n) is 19.8. The average Bonchev–Trinajstić information content (AvgIpc) is 3.33. The fraction of sp³-hybridized carbons (Fsp3) is 0.522. The van der Waals surface area contributed by atoms with Crippen LogP contribution in [0.5, 0.6) is 5.75 Å². The van der Waals surface area contributed by atoms with Crippen LogP contribution in [0.25, 0.3) is 11.2 Å². The van der Waals surface area contributed by atoms with Gasteiger partial charge in [-0.1, -0.05) is 25.5 Å². The molecule has 0 amide bonds. The van der Waals surface area contributed by atoms with Crippen molar-refractivity contribution >= 4 is 21.0 Å². The van der Waals surface area contributed by atoms with Crippen LogP contribution >= 0.6 is 0 Å². The summed E-state index contributed by atoms with van der Waals surface area (Å²) in [5.74, 6) is 1.61. The number of imidazole rings is 1. The van der Waals surface area contributed by atoms with Gasteiger partial charge >= 0.3 is 5.69 Å². The molecule has 0 spiro atoms. The van der Waals surface area contributed by atoms with E-state index in [1.165, 1.54) is 4.57 Å². The highest BCUT2D eigenvalue weighted by Crippen LogP contribution is 2.24. The number of fused-ring (bicyclic) bond motifs is 1. The van der Waals surface area contributed by atoms with Gasteiger partial charge in [-0.2, -0.15) is 0 Å². The summed E-state index contributed by atoms with van der Waals surface area (Å²) >= 11 is 0. The lowest BCUT2D eigenvalue weighted by Gasteiger charge is -2.27. The van der Waals surface area contributed by atoms with Crippen LogP contribution in [0.4, 0.5) is 0 Å². The predicted octanol–water partition coefficient (Wildman–Crippen LogP) is 1.42. The maximum Gasteiger partial charge on any atom is 0.330 e. The number of benzene rings is 1. The Morgan fingerprint density at radius 3 is 2.56 bits per heavy atom. The van der Waals surface area contributed by atoms with Gasteiger partial charge in [-0.25, -0.2) is 18.2 Å². The van der Waals surface area contributed by atoms with Crippen LogP contribution in [0.3, 0.4) is 0 Å². The Balaban J connectivity index is 1.72. The number of H-pyrrole nitrogens is 1. The number of nitrogens with one attached hydrogen (secondary N) is 1. The van der Waals surface area contributed by atoms with Crippen molar-refractivity contribution in [1.29, 1.82) is 0 Å². The van der Waals surface area contributed by atoms with Gasteiger partial charge in [0.1, 0.15) is 11.6 Å². The smallest absolute Gasteiger partial charge is 0.330 e. The molecule has 34 heavy (non-hydrogen) atoms. The third kappa shape index (κ3) is 4.95. The van der Waals surface area contributed by atoms with Gasteiger partial charge < -0.3 is 9.30 Å². The normalized spacial score (nSPS) is 17.6. The molecule has 3 aromatic rings. The Kier molecular flexibility index (Phi) is 6.94. The molecule has 0 radical (unpaired) electrons. The summed E-state index contributed by atoms with van der Waals surface area (Å²) < 4.78 is 32.9. The Morgan fingerprint density at radius 2 is 1.94 bits per heavy atom. The first-order valence-electron chi connectivity index (χ1n) is 11.5. The van der Waals surface area contributed by atoms with Crippen LogP contribution in [0.1, 0.15) is 37.6 Å². The van der Waals surface area contributed by atoms with E-state index >= 15 is 0 Å². The van der Waals surface area contributed by atoms with E-state index in [1.54, 1.807) is 18.7 Å². The van der Waals surface area contributed by atoms with Crippen LogP contribution in [-0.2, 0) is 36.5 Å². The second kappa shape index (κ2) is 9.75. The second-order valence-electron chi connectivity index (χ2n) is 8.83. The largest absolute Gasteiger partial charge is 0.497 e. The fourth-order valence-corrected chi connectivity index (χ4v) is 6.24. The molecule has 1 fully saturated rings. The maximum absolute atomic E-state index is 12.6. The third-order valence-electron chi connectivity index (χ3n) is 6.46. The number of methoxy groups -OCH3 is 1. The molecule has 4 rings (SSSR count). The molecule has 11 heteroatoms. The number of aromatic nitrogens is 4. The van der Waals surface area contributed by atoms with Crippen LogP contribution in [0.15, 0.2) is 33.9 Å². The zero-order valence-corrected chi connectivity index (χ0v) is 20.6. The highest BCUT2D eigenvalue weighted by atomic mass is 32.2. The van der Waals surface area contributed by atoms with E-state index in [9.17, 15) is 18.0 Å². The number of hydrogen-bond donors (Lipinski definition) is 1. The lowest BCUT2D eigenvalue weighted by Crippen LogP contribution is -2.36. The van der Waals surface area contributed by atoms with Crippen LogP contribution in [0, 0.1) is 0 Å². The molecule has 1 saturated heterocycles. The zero-order chi connectivity index (χ0) is 24.5. The number of aromatic amines is 1. The molecular formula is C23H31N5O5S. The van der Waals surface area contributed by atoms with Gasteiger partial charge in [-0.05, 0) is 30.5 Å². The Labute approximate surface area is 198 Å². The molecule has 3 heterocycles. The maximum atomic E-state index is 12.6. The summed E-state index contributed by atoms with van der Waals surface area (Å²) in [6.45, 7) is 3.37. The van der Waals surface area contributed by atoms with E-state index in [0.717, 1.165) is 24.2 Å². The van der Waals surface area contributed by atoms with Crippen molar-refractivity contribution in [2.24, 2.45) is 7.05 Å². The SMILES string of the molecule is CCCCn1c(=O)[nH]c(=O)c2c1nc(CN(Cc1ccc(OC)cc1)[C@@H]1CCS(=O)(=O)C1)n2C. The van der Waals surface area contributed by atoms with Crippen molar-refractivity contribution in [2.75, 3.05) is 18.6 Å². The van der Waals surface area contributed by atoms with Gasteiger partial charge in [0.25, 0.3) is 5.56 Å². The molecule has 0 aliphatic carbocycles. The van der Waals surface area contributed by atoms with Gasteiger partial charge in [0.15, 0.2) is 21.0 Å². The lowest BCUT2D eigenvalue weighted by atomic mass is 10.1. The van der Waals surface area contributed by atoms with E-state index in [0.29, 0.717) is 43.0 Å². The van der Waals surface area contributed by atoms with Crippen molar-refractivity contribution in [3.8, 4) is 5.75 Å². The minimum absolute atomic E-state index is 0.0922. The Hall–Kier alpha value is -2.92. The topological polar surface area (TPSA) is 119 Å². The number of sulfone groups is 1. The molecule has 1 aliphatic rings. The Morgan fingerprint density at radius 1 is 1.21 bits per heavy atom. The molecule has 2 aromatic heterocycles. The monoisotopic (exact) mass is 489 g/mol. The van der Waals surface area contributed by atoms with Gasteiger partial charge in [-0.15, -0.1) is 0 Å². The summed E-state index contributed by atoms with van der Waals surface area (Å²) in [5, 5.41) is 0. The number of unbranched alkanes of at least 4 members (excludes halogenated alkanes) is 1. The summed E-state index contributed by atoms with van der Waals surface area (Å²) in [5.41, 5.74) is 0.783. The van der Waals surface area contributed by atoms with Gasteiger partial charge in [0.2, 0.25) is 0 Å². The quantitative estimate of drug-likeness (QED) is 0.483. The van der Waals surface area contributed by atoms with Crippen LogP contribution < -0.4 is 16.0 Å². The van der Waals surface area contributed by atoms with Crippen molar-refractivity contribution in [3.05, 3.63) is 56.5 Å². The number of ether oxygens (including phenoxy) is 1. The minimum Gasteiger partial charge on any atom is -0.497 e. The van der Waals surface area contributed by atoms with Crippen molar-refractivity contribution in [1.82, 2.24) is 24.0 Å². The molecule has 0 saturated carbocycles. The lowest BCUT2D eigenvalue weighted by molar-refractivity contribution is 0.188. The summed E-state index contributed by atoms with van der Waals surface area (Å²) in [7, 11) is 0.276. The molecular weight excluding hydrogens is 458 g/mol. The fourth-order valence-electron chi connectivity index (χ4n) is 4.48. The number of rotatable bonds is 9.